The molecule has 0 radical (unpaired) electrons. The van der Waals surface area contributed by atoms with E-state index in [1.165, 1.54) is 0 Å². The van der Waals surface area contributed by atoms with E-state index in [1.807, 2.05) is 18.2 Å². The molecule has 0 aliphatic rings. The van der Waals surface area contributed by atoms with Gasteiger partial charge in [-0.3, -0.25) is 11.3 Å². The van der Waals surface area contributed by atoms with Crippen LogP contribution in [0.5, 0.6) is 0 Å². The van der Waals surface area contributed by atoms with Gasteiger partial charge in [-0.25, -0.2) is 0 Å². The molecule has 0 aromatic heterocycles. The zero-order valence-electron chi connectivity index (χ0n) is 10.6. The van der Waals surface area contributed by atoms with E-state index in [0.29, 0.717) is 5.41 Å². The quantitative estimate of drug-likeness (QED) is 0.636. The van der Waals surface area contributed by atoms with Gasteiger partial charge in [0.25, 0.3) is 0 Å². The highest BCUT2D eigenvalue weighted by atomic mass is 79.9. The van der Waals surface area contributed by atoms with Gasteiger partial charge in [0.15, 0.2) is 0 Å². The van der Waals surface area contributed by atoms with E-state index in [-0.39, 0.29) is 6.04 Å². The molecule has 4 heteroatoms. The second kappa shape index (κ2) is 6.19. The molecule has 1 aromatic rings. The molecular formula is C13H20BrClN2. The smallest absolute Gasteiger partial charge is 0.0548 e. The van der Waals surface area contributed by atoms with Crippen molar-refractivity contribution in [3.05, 3.63) is 33.3 Å². The predicted molar refractivity (Wildman–Crippen MR) is 77.9 cm³/mol. The fourth-order valence-electron chi connectivity index (χ4n) is 1.65. The van der Waals surface area contributed by atoms with Gasteiger partial charge in [-0.15, -0.1) is 0 Å². The topological polar surface area (TPSA) is 38.0 Å². The van der Waals surface area contributed by atoms with Crippen LogP contribution < -0.4 is 11.3 Å². The van der Waals surface area contributed by atoms with Crippen molar-refractivity contribution in [2.45, 2.75) is 39.7 Å². The Morgan fingerprint density at radius 2 is 2.06 bits per heavy atom. The Hall–Kier alpha value is -0.0900. The highest BCUT2D eigenvalue weighted by molar-refractivity contribution is 9.10. The van der Waals surface area contributed by atoms with Gasteiger partial charge in [0, 0.05) is 10.5 Å². The minimum Gasteiger partial charge on any atom is -0.271 e. The van der Waals surface area contributed by atoms with E-state index < -0.39 is 0 Å². The second-order valence-electron chi connectivity index (χ2n) is 5.49. The summed E-state index contributed by atoms with van der Waals surface area (Å²) in [4.78, 5) is 0. The summed E-state index contributed by atoms with van der Waals surface area (Å²) in [6, 6.07) is 6.10. The maximum atomic E-state index is 5.98. The van der Waals surface area contributed by atoms with Gasteiger partial charge in [-0.1, -0.05) is 38.4 Å². The van der Waals surface area contributed by atoms with Gasteiger partial charge in [0.1, 0.15) is 0 Å². The van der Waals surface area contributed by atoms with Crippen molar-refractivity contribution in [2.24, 2.45) is 11.3 Å². The molecule has 0 spiro atoms. The van der Waals surface area contributed by atoms with Crippen molar-refractivity contribution in [3.8, 4) is 0 Å². The Bertz CT molecular complexity index is 374. The molecular weight excluding hydrogens is 300 g/mol. The molecule has 3 N–H and O–H groups in total. The highest BCUT2D eigenvalue weighted by Crippen LogP contribution is 2.30. The van der Waals surface area contributed by atoms with Crippen molar-refractivity contribution >= 4 is 27.5 Å². The van der Waals surface area contributed by atoms with E-state index >= 15 is 0 Å². The first-order valence-electron chi connectivity index (χ1n) is 5.74. The summed E-state index contributed by atoms with van der Waals surface area (Å²) in [5, 5.41) is 0.723. The number of halogens is 2. The van der Waals surface area contributed by atoms with Crippen LogP contribution in [0, 0.1) is 5.41 Å². The van der Waals surface area contributed by atoms with Crippen LogP contribution in [0.2, 0.25) is 5.02 Å². The lowest BCUT2D eigenvalue weighted by Gasteiger charge is -2.23. The molecule has 1 unspecified atom stereocenters. The molecule has 0 aliphatic heterocycles. The molecule has 0 fully saturated rings. The molecule has 2 nitrogen and oxygen atoms in total. The fourth-order valence-corrected chi connectivity index (χ4v) is 2.17. The van der Waals surface area contributed by atoms with Crippen LogP contribution in [0.1, 0.15) is 45.2 Å². The SMILES string of the molecule is CC(C)(C)CCC(NN)c1ccc(Cl)c(Br)c1. The van der Waals surface area contributed by atoms with Gasteiger partial charge >= 0.3 is 0 Å². The van der Waals surface area contributed by atoms with Crippen molar-refractivity contribution in [1.82, 2.24) is 5.43 Å². The third kappa shape index (κ3) is 4.96. The molecule has 1 rings (SSSR count). The zero-order valence-corrected chi connectivity index (χ0v) is 12.9. The van der Waals surface area contributed by atoms with Gasteiger partial charge in [0.05, 0.1) is 5.02 Å². The molecule has 0 saturated carbocycles. The predicted octanol–water partition coefficient (Wildman–Crippen LogP) is 4.43. The average Bonchev–Trinajstić information content (AvgIpc) is 2.22. The van der Waals surface area contributed by atoms with Crippen molar-refractivity contribution < 1.29 is 0 Å². The monoisotopic (exact) mass is 318 g/mol. The number of hydrazine groups is 1. The van der Waals surface area contributed by atoms with Crippen molar-refractivity contribution in [3.63, 3.8) is 0 Å². The molecule has 0 bridgehead atoms. The van der Waals surface area contributed by atoms with Crippen molar-refractivity contribution in [2.75, 3.05) is 0 Å². The number of nitrogens with one attached hydrogen (secondary N) is 1. The Morgan fingerprint density at radius 1 is 1.41 bits per heavy atom. The van der Waals surface area contributed by atoms with Gasteiger partial charge in [-0.2, -0.15) is 0 Å². The van der Waals surface area contributed by atoms with Crippen molar-refractivity contribution in [1.29, 1.82) is 0 Å². The molecule has 0 amide bonds. The number of benzene rings is 1. The summed E-state index contributed by atoms with van der Waals surface area (Å²) in [5.41, 5.74) is 4.35. The van der Waals surface area contributed by atoms with Crippen LogP contribution in [0.3, 0.4) is 0 Å². The Kier molecular flexibility index (Phi) is 5.45. The second-order valence-corrected chi connectivity index (χ2v) is 6.75. The molecule has 96 valence electrons. The first-order valence-corrected chi connectivity index (χ1v) is 6.91. The van der Waals surface area contributed by atoms with Crippen LogP contribution in [0.15, 0.2) is 22.7 Å². The van der Waals surface area contributed by atoms with Crippen LogP contribution in [-0.2, 0) is 0 Å². The minimum atomic E-state index is 0.169. The van der Waals surface area contributed by atoms with E-state index in [9.17, 15) is 0 Å². The summed E-state index contributed by atoms with van der Waals surface area (Å²) in [7, 11) is 0. The fraction of sp³-hybridized carbons (Fsp3) is 0.538. The lowest BCUT2D eigenvalue weighted by molar-refractivity contribution is 0.333. The summed E-state index contributed by atoms with van der Waals surface area (Å²) in [5.74, 6) is 5.62. The zero-order chi connectivity index (χ0) is 13.1. The normalized spacial score (nSPS) is 13.8. The van der Waals surface area contributed by atoms with Crippen LogP contribution in [-0.4, -0.2) is 0 Å². The lowest BCUT2D eigenvalue weighted by atomic mass is 9.87. The molecule has 0 saturated heterocycles. The molecule has 1 atom stereocenters. The van der Waals surface area contributed by atoms with Crippen LogP contribution in [0.25, 0.3) is 0 Å². The summed E-state index contributed by atoms with van der Waals surface area (Å²) < 4.78 is 0.910. The summed E-state index contributed by atoms with van der Waals surface area (Å²) in [6.07, 6.45) is 2.12. The summed E-state index contributed by atoms with van der Waals surface area (Å²) >= 11 is 9.41. The lowest BCUT2D eigenvalue weighted by Crippen LogP contribution is -2.29. The molecule has 1 aromatic carbocycles. The first kappa shape index (κ1) is 15.0. The standard InChI is InChI=1S/C13H20BrClN2/c1-13(2,3)7-6-12(17-16)9-4-5-11(15)10(14)8-9/h4-5,8,12,17H,6-7,16H2,1-3H3. The maximum Gasteiger partial charge on any atom is 0.0548 e. The average molecular weight is 320 g/mol. The maximum absolute atomic E-state index is 5.98. The summed E-state index contributed by atoms with van der Waals surface area (Å²) in [6.45, 7) is 6.70. The first-order chi connectivity index (χ1) is 7.83. The highest BCUT2D eigenvalue weighted by Gasteiger charge is 2.16. The number of nitrogens with two attached hydrogens (primary N) is 1. The van der Waals surface area contributed by atoms with E-state index in [2.05, 4.69) is 42.1 Å². The number of hydrogen-bond donors (Lipinski definition) is 2. The van der Waals surface area contributed by atoms with Crippen LogP contribution >= 0.6 is 27.5 Å². The van der Waals surface area contributed by atoms with Gasteiger partial charge in [-0.05, 0) is 51.9 Å². The van der Waals surface area contributed by atoms with Gasteiger partial charge < -0.3 is 0 Å². The third-order valence-electron chi connectivity index (χ3n) is 2.73. The van der Waals surface area contributed by atoms with Gasteiger partial charge in [0.2, 0.25) is 0 Å². The Labute approximate surface area is 117 Å². The third-order valence-corrected chi connectivity index (χ3v) is 3.94. The minimum absolute atomic E-state index is 0.169. The Balaban J connectivity index is 2.76. The van der Waals surface area contributed by atoms with E-state index in [4.69, 9.17) is 17.4 Å². The largest absolute Gasteiger partial charge is 0.271 e. The van der Waals surface area contributed by atoms with E-state index in [1.54, 1.807) is 0 Å². The Morgan fingerprint density at radius 3 is 2.53 bits per heavy atom. The van der Waals surface area contributed by atoms with E-state index in [0.717, 1.165) is 27.9 Å². The molecule has 17 heavy (non-hydrogen) atoms. The molecule has 0 heterocycles. The molecule has 0 aliphatic carbocycles. The van der Waals surface area contributed by atoms with Crippen LogP contribution in [0.4, 0.5) is 0 Å². The number of rotatable bonds is 4. The number of hydrogen-bond acceptors (Lipinski definition) is 2.